The number of anilines is 1. The second-order valence-electron chi connectivity index (χ2n) is 7.19. The first kappa shape index (κ1) is 22.4. The van der Waals surface area contributed by atoms with Crippen molar-refractivity contribution in [3.8, 4) is 0 Å². The lowest BCUT2D eigenvalue weighted by atomic mass is 10.0. The maximum Gasteiger partial charge on any atom is 0.225 e. The van der Waals surface area contributed by atoms with Gasteiger partial charge in [0.05, 0.1) is 0 Å². The summed E-state index contributed by atoms with van der Waals surface area (Å²) in [5, 5.41) is 16.0. The van der Waals surface area contributed by atoms with E-state index in [4.69, 9.17) is 4.99 Å². The lowest BCUT2D eigenvalue weighted by Gasteiger charge is -2.34. The normalized spacial score (nSPS) is 16.8. The Balaban J connectivity index is 1.71. The zero-order valence-corrected chi connectivity index (χ0v) is 17.5. The Hall–Kier alpha value is -1.93. The van der Waals surface area contributed by atoms with E-state index in [9.17, 15) is 5.11 Å². The number of aliphatic hydroxyl groups excluding tert-OH is 1. The summed E-state index contributed by atoms with van der Waals surface area (Å²) in [6.07, 6.45) is 6.66. The highest BCUT2D eigenvalue weighted by molar-refractivity contribution is 5.79. The molecule has 1 aliphatic rings. The van der Waals surface area contributed by atoms with E-state index < -0.39 is 0 Å². The van der Waals surface area contributed by atoms with Gasteiger partial charge in [0.1, 0.15) is 0 Å². The Bertz CT molecular complexity index is 541. The van der Waals surface area contributed by atoms with E-state index in [1.54, 1.807) is 12.4 Å². The number of hydrogen-bond donors (Lipinski definition) is 3. The number of guanidine groups is 1. The quantitative estimate of drug-likeness (QED) is 0.382. The van der Waals surface area contributed by atoms with E-state index in [-0.39, 0.29) is 6.61 Å². The number of aliphatic hydroxyl groups is 1. The average Bonchev–Trinajstić information content (AvgIpc) is 2.73. The molecule has 0 aliphatic carbocycles. The summed E-state index contributed by atoms with van der Waals surface area (Å²) in [6.45, 7) is 11.9. The second kappa shape index (κ2) is 13.3. The number of nitrogens with one attached hydrogen (secondary N) is 2. The zero-order chi connectivity index (χ0) is 20.0. The molecule has 1 unspecified atom stereocenters. The van der Waals surface area contributed by atoms with Crippen LogP contribution in [-0.4, -0.2) is 84.9 Å². The Labute approximate surface area is 169 Å². The molecule has 1 aliphatic heterocycles. The highest BCUT2D eigenvalue weighted by Crippen LogP contribution is 2.11. The molecule has 0 amide bonds. The van der Waals surface area contributed by atoms with Gasteiger partial charge in [-0.1, -0.05) is 13.3 Å². The molecule has 1 atom stereocenters. The van der Waals surface area contributed by atoms with E-state index in [2.05, 4.69) is 44.2 Å². The highest BCUT2D eigenvalue weighted by Gasteiger charge is 2.18. The number of rotatable bonds is 11. The van der Waals surface area contributed by atoms with Gasteiger partial charge in [0.15, 0.2) is 5.96 Å². The number of nitrogens with zero attached hydrogens (tertiary/aromatic N) is 5. The van der Waals surface area contributed by atoms with Crippen LogP contribution in [-0.2, 0) is 0 Å². The van der Waals surface area contributed by atoms with Crippen molar-refractivity contribution in [3.05, 3.63) is 18.5 Å². The Morgan fingerprint density at radius 3 is 2.54 bits per heavy atom. The van der Waals surface area contributed by atoms with E-state index in [0.717, 1.165) is 83.5 Å². The van der Waals surface area contributed by atoms with Gasteiger partial charge in [0.25, 0.3) is 0 Å². The second-order valence-corrected chi connectivity index (χ2v) is 7.19. The van der Waals surface area contributed by atoms with Gasteiger partial charge in [0.2, 0.25) is 5.95 Å². The van der Waals surface area contributed by atoms with Crippen molar-refractivity contribution in [2.45, 2.75) is 33.1 Å². The van der Waals surface area contributed by atoms with E-state index in [0.29, 0.717) is 5.92 Å². The van der Waals surface area contributed by atoms with Gasteiger partial charge in [-0.15, -0.1) is 0 Å². The SMILES string of the molecule is CCCC(CCO)CN=C(NCC)NCCN1CCN(c2ncccn2)CC1. The summed E-state index contributed by atoms with van der Waals surface area (Å²) >= 11 is 0. The molecule has 3 N–H and O–H groups in total. The highest BCUT2D eigenvalue weighted by atomic mass is 16.3. The fourth-order valence-electron chi connectivity index (χ4n) is 3.44. The molecule has 1 fully saturated rings. The lowest BCUT2D eigenvalue weighted by molar-refractivity contribution is 0.253. The van der Waals surface area contributed by atoms with Crippen LogP contribution in [0.5, 0.6) is 0 Å². The van der Waals surface area contributed by atoms with Crippen LogP contribution in [0.2, 0.25) is 0 Å². The maximum absolute atomic E-state index is 9.21. The molecule has 2 heterocycles. The summed E-state index contributed by atoms with van der Waals surface area (Å²) in [6, 6.07) is 1.85. The maximum atomic E-state index is 9.21. The molecular formula is C20H37N7O. The van der Waals surface area contributed by atoms with E-state index in [1.807, 2.05) is 6.07 Å². The summed E-state index contributed by atoms with van der Waals surface area (Å²) < 4.78 is 0. The van der Waals surface area contributed by atoms with Crippen LogP contribution in [0.15, 0.2) is 23.5 Å². The Morgan fingerprint density at radius 2 is 1.89 bits per heavy atom. The zero-order valence-electron chi connectivity index (χ0n) is 17.5. The van der Waals surface area contributed by atoms with Crippen LogP contribution in [0.25, 0.3) is 0 Å². The number of aliphatic imine (C=N–C) groups is 1. The minimum Gasteiger partial charge on any atom is -0.396 e. The van der Waals surface area contributed by atoms with Crippen LogP contribution in [0.4, 0.5) is 5.95 Å². The van der Waals surface area contributed by atoms with Gasteiger partial charge in [0, 0.05) is 71.4 Å². The van der Waals surface area contributed by atoms with Crippen LogP contribution in [0, 0.1) is 5.92 Å². The average molecular weight is 392 g/mol. The van der Waals surface area contributed by atoms with Crippen molar-refractivity contribution in [3.63, 3.8) is 0 Å². The van der Waals surface area contributed by atoms with Gasteiger partial charge in [-0.05, 0) is 31.7 Å². The van der Waals surface area contributed by atoms with Crippen molar-refractivity contribution >= 4 is 11.9 Å². The number of hydrogen-bond acceptors (Lipinski definition) is 6. The van der Waals surface area contributed by atoms with Crippen molar-refractivity contribution in [1.29, 1.82) is 0 Å². The number of piperazine rings is 1. The minimum absolute atomic E-state index is 0.240. The molecule has 0 aromatic carbocycles. The molecule has 158 valence electrons. The predicted molar refractivity (Wildman–Crippen MR) is 115 cm³/mol. The van der Waals surface area contributed by atoms with Crippen molar-refractivity contribution in [2.24, 2.45) is 10.9 Å². The lowest BCUT2D eigenvalue weighted by Crippen LogP contribution is -2.49. The molecular weight excluding hydrogens is 354 g/mol. The molecule has 1 aromatic rings. The predicted octanol–water partition coefficient (Wildman–Crippen LogP) is 0.952. The molecule has 2 rings (SSSR count). The van der Waals surface area contributed by atoms with Crippen LogP contribution in [0.3, 0.4) is 0 Å². The third-order valence-electron chi connectivity index (χ3n) is 5.01. The summed E-state index contributed by atoms with van der Waals surface area (Å²) in [4.78, 5) is 18.1. The fourth-order valence-corrected chi connectivity index (χ4v) is 3.44. The third-order valence-corrected chi connectivity index (χ3v) is 5.01. The molecule has 1 aromatic heterocycles. The van der Waals surface area contributed by atoms with Gasteiger partial charge in [-0.2, -0.15) is 0 Å². The van der Waals surface area contributed by atoms with Crippen LogP contribution >= 0.6 is 0 Å². The molecule has 0 radical (unpaired) electrons. The molecule has 0 saturated carbocycles. The summed E-state index contributed by atoms with van der Waals surface area (Å²) in [7, 11) is 0. The van der Waals surface area contributed by atoms with Crippen LogP contribution < -0.4 is 15.5 Å². The number of aromatic nitrogens is 2. The van der Waals surface area contributed by atoms with Gasteiger partial charge in [-0.25, -0.2) is 9.97 Å². The van der Waals surface area contributed by atoms with Crippen molar-refractivity contribution in [1.82, 2.24) is 25.5 Å². The smallest absolute Gasteiger partial charge is 0.225 e. The third kappa shape index (κ3) is 7.98. The van der Waals surface area contributed by atoms with Gasteiger partial charge >= 0.3 is 0 Å². The van der Waals surface area contributed by atoms with Gasteiger partial charge < -0.3 is 20.6 Å². The standard InChI is InChI=1S/C20H37N7O/c1-3-6-18(7-16-28)17-25-19(21-4-2)22-10-11-26-12-14-27(15-13-26)20-23-8-5-9-24-20/h5,8-9,18,28H,3-4,6-7,10-17H2,1-2H3,(H2,21,22,25). The minimum atomic E-state index is 0.240. The molecule has 0 spiro atoms. The first-order valence-electron chi connectivity index (χ1n) is 10.6. The van der Waals surface area contributed by atoms with E-state index in [1.165, 1.54) is 0 Å². The van der Waals surface area contributed by atoms with Crippen LogP contribution in [0.1, 0.15) is 33.1 Å². The topological polar surface area (TPSA) is 88.9 Å². The summed E-state index contributed by atoms with van der Waals surface area (Å²) in [5.74, 6) is 2.16. The fraction of sp³-hybridized carbons (Fsp3) is 0.750. The first-order chi connectivity index (χ1) is 13.8. The molecule has 28 heavy (non-hydrogen) atoms. The molecule has 8 nitrogen and oxygen atoms in total. The largest absolute Gasteiger partial charge is 0.396 e. The van der Waals surface area contributed by atoms with Crippen molar-refractivity contribution < 1.29 is 5.11 Å². The first-order valence-corrected chi connectivity index (χ1v) is 10.6. The molecule has 1 saturated heterocycles. The summed E-state index contributed by atoms with van der Waals surface area (Å²) in [5.41, 5.74) is 0. The molecule has 8 heteroatoms. The monoisotopic (exact) mass is 391 g/mol. The Morgan fingerprint density at radius 1 is 1.14 bits per heavy atom. The molecule has 0 bridgehead atoms. The van der Waals surface area contributed by atoms with Crippen molar-refractivity contribution in [2.75, 3.05) is 63.9 Å². The van der Waals surface area contributed by atoms with E-state index >= 15 is 0 Å². The Kier molecular flexibility index (Phi) is 10.6. The van der Waals surface area contributed by atoms with Gasteiger partial charge in [-0.3, -0.25) is 9.89 Å².